The van der Waals surface area contributed by atoms with Crippen molar-refractivity contribution in [3.05, 3.63) is 29.8 Å². The van der Waals surface area contributed by atoms with E-state index in [4.69, 9.17) is 0 Å². The zero-order chi connectivity index (χ0) is 14.7. The standard InChI is InChI=1S/C19H30N2/c1-3-12-20-15(2)18-8-10-19(11-9-18)21(13-16-4-5-16)14-17-6-7-17/h8-11,15-17,20H,3-7,12-14H2,1-2H3. The maximum Gasteiger partial charge on any atom is 0.0366 e. The summed E-state index contributed by atoms with van der Waals surface area (Å²) in [5, 5.41) is 3.57. The third-order valence-electron chi connectivity index (χ3n) is 4.81. The van der Waals surface area contributed by atoms with Crippen molar-refractivity contribution < 1.29 is 0 Å². The van der Waals surface area contributed by atoms with Crippen LogP contribution in [0, 0.1) is 11.8 Å². The Morgan fingerprint density at radius 1 is 1.05 bits per heavy atom. The number of rotatable bonds is 9. The molecule has 0 aromatic heterocycles. The van der Waals surface area contributed by atoms with Crippen molar-refractivity contribution in [1.29, 1.82) is 0 Å². The summed E-state index contributed by atoms with van der Waals surface area (Å²) in [5.74, 6) is 1.93. The molecule has 0 saturated heterocycles. The summed E-state index contributed by atoms with van der Waals surface area (Å²) in [5.41, 5.74) is 2.84. The molecular weight excluding hydrogens is 256 g/mol. The number of anilines is 1. The van der Waals surface area contributed by atoms with Crippen molar-refractivity contribution in [2.45, 2.75) is 52.0 Å². The molecule has 1 unspecified atom stereocenters. The number of nitrogens with one attached hydrogen (secondary N) is 1. The van der Waals surface area contributed by atoms with Gasteiger partial charge in [0.05, 0.1) is 0 Å². The van der Waals surface area contributed by atoms with E-state index in [-0.39, 0.29) is 0 Å². The predicted octanol–water partition coefficient (Wildman–Crippen LogP) is 4.37. The average Bonchev–Trinajstić information content (AvgIpc) is 3.40. The van der Waals surface area contributed by atoms with Gasteiger partial charge in [0.15, 0.2) is 0 Å². The summed E-state index contributed by atoms with van der Waals surface area (Å²) in [7, 11) is 0. The van der Waals surface area contributed by atoms with Gasteiger partial charge in [-0.1, -0.05) is 19.1 Å². The Kier molecular flexibility index (Phi) is 4.84. The van der Waals surface area contributed by atoms with E-state index < -0.39 is 0 Å². The second-order valence-electron chi connectivity index (χ2n) is 7.06. The minimum Gasteiger partial charge on any atom is -0.371 e. The van der Waals surface area contributed by atoms with Crippen molar-refractivity contribution in [3.8, 4) is 0 Å². The van der Waals surface area contributed by atoms with Crippen LogP contribution in [0.2, 0.25) is 0 Å². The van der Waals surface area contributed by atoms with Gasteiger partial charge in [-0.05, 0) is 75.1 Å². The molecule has 1 aromatic carbocycles. The van der Waals surface area contributed by atoms with E-state index in [0.29, 0.717) is 6.04 Å². The zero-order valence-electron chi connectivity index (χ0n) is 13.6. The maximum atomic E-state index is 3.57. The molecule has 1 atom stereocenters. The Labute approximate surface area is 129 Å². The highest BCUT2D eigenvalue weighted by Gasteiger charge is 2.29. The quantitative estimate of drug-likeness (QED) is 0.725. The molecule has 3 rings (SSSR count). The third kappa shape index (κ3) is 4.47. The molecule has 1 aromatic rings. The lowest BCUT2D eigenvalue weighted by molar-refractivity contribution is 0.570. The Balaban J connectivity index is 1.62. The molecule has 0 amide bonds. The molecule has 2 nitrogen and oxygen atoms in total. The van der Waals surface area contributed by atoms with Gasteiger partial charge in [0, 0.05) is 24.8 Å². The van der Waals surface area contributed by atoms with Gasteiger partial charge in [0.1, 0.15) is 0 Å². The number of nitrogens with zero attached hydrogens (tertiary/aromatic N) is 1. The SMILES string of the molecule is CCCNC(C)c1ccc(N(CC2CC2)CC2CC2)cc1. The summed E-state index contributed by atoms with van der Waals surface area (Å²) >= 11 is 0. The zero-order valence-corrected chi connectivity index (χ0v) is 13.6. The first-order valence-corrected chi connectivity index (χ1v) is 8.84. The number of benzene rings is 1. The molecule has 1 N–H and O–H groups in total. The van der Waals surface area contributed by atoms with Crippen molar-refractivity contribution >= 4 is 5.69 Å². The van der Waals surface area contributed by atoms with Crippen molar-refractivity contribution in [2.24, 2.45) is 11.8 Å². The van der Waals surface area contributed by atoms with Crippen LogP contribution in [0.1, 0.15) is 57.6 Å². The highest BCUT2D eigenvalue weighted by atomic mass is 15.1. The average molecular weight is 286 g/mol. The topological polar surface area (TPSA) is 15.3 Å². The van der Waals surface area contributed by atoms with Gasteiger partial charge in [-0.2, -0.15) is 0 Å². The maximum absolute atomic E-state index is 3.57. The Morgan fingerprint density at radius 3 is 2.10 bits per heavy atom. The summed E-state index contributed by atoms with van der Waals surface area (Å²) in [6, 6.07) is 9.76. The van der Waals surface area contributed by atoms with Crippen LogP contribution in [0.4, 0.5) is 5.69 Å². The molecule has 2 fully saturated rings. The first-order chi connectivity index (χ1) is 10.3. The molecule has 2 aliphatic carbocycles. The highest BCUT2D eigenvalue weighted by Crippen LogP contribution is 2.35. The van der Waals surface area contributed by atoms with Crippen LogP contribution >= 0.6 is 0 Å². The summed E-state index contributed by atoms with van der Waals surface area (Å²) < 4.78 is 0. The molecule has 2 saturated carbocycles. The van der Waals surface area contributed by atoms with E-state index in [1.54, 1.807) is 0 Å². The monoisotopic (exact) mass is 286 g/mol. The van der Waals surface area contributed by atoms with Gasteiger partial charge >= 0.3 is 0 Å². The molecule has 0 radical (unpaired) electrons. The lowest BCUT2D eigenvalue weighted by atomic mass is 10.1. The van der Waals surface area contributed by atoms with Gasteiger partial charge in [0.25, 0.3) is 0 Å². The smallest absolute Gasteiger partial charge is 0.0366 e. The van der Waals surface area contributed by atoms with Crippen LogP contribution in [-0.2, 0) is 0 Å². The molecule has 116 valence electrons. The lowest BCUT2D eigenvalue weighted by Gasteiger charge is -2.25. The van der Waals surface area contributed by atoms with Crippen LogP contribution in [0.5, 0.6) is 0 Å². The summed E-state index contributed by atoms with van der Waals surface area (Å²) in [6.45, 7) is 8.13. The second-order valence-corrected chi connectivity index (χ2v) is 7.06. The molecule has 0 bridgehead atoms. The van der Waals surface area contributed by atoms with Gasteiger partial charge in [-0.25, -0.2) is 0 Å². The van der Waals surface area contributed by atoms with Crippen LogP contribution < -0.4 is 10.2 Å². The van der Waals surface area contributed by atoms with Gasteiger partial charge in [-0.15, -0.1) is 0 Å². The van der Waals surface area contributed by atoms with Gasteiger partial charge in [0.2, 0.25) is 0 Å². The fourth-order valence-corrected chi connectivity index (χ4v) is 2.96. The lowest BCUT2D eigenvalue weighted by Crippen LogP contribution is -2.28. The van der Waals surface area contributed by atoms with Crippen molar-refractivity contribution in [3.63, 3.8) is 0 Å². The minimum atomic E-state index is 0.458. The predicted molar refractivity (Wildman–Crippen MR) is 90.8 cm³/mol. The largest absolute Gasteiger partial charge is 0.371 e. The molecule has 21 heavy (non-hydrogen) atoms. The van der Waals surface area contributed by atoms with E-state index in [2.05, 4.69) is 48.3 Å². The van der Waals surface area contributed by atoms with Crippen LogP contribution in [0.25, 0.3) is 0 Å². The third-order valence-corrected chi connectivity index (χ3v) is 4.81. The highest BCUT2D eigenvalue weighted by molar-refractivity contribution is 5.48. The normalized spacial score (nSPS) is 19.5. The van der Waals surface area contributed by atoms with E-state index >= 15 is 0 Å². The molecule has 0 heterocycles. The molecule has 2 aliphatic rings. The minimum absolute atomic E-state index is 0.458. The molecule has 0 aliphatic heterocycles. The van der Waals surface area contributed by atoms with E-state index in [9.17, 15) is 0 Å². The molecule has 0 spiro atoms. The Hall–Kier alpha value is -1.02. The fraction of sp³-hybridized carbons (Fsp3) is 0.684. The fourth-order valence-electron chi connectivity index (χ4n) is 2.96. The van der Waals surface area contributed by atoms with E-state index in [0.717, 1.165) is 18.4 Å². The van der Waals surface area contributed by atoms with Crippen LogP contribution in [0.3, 0.4) is 0 Å². The van der Waals surface area contributed by atoms with Gasteiger partial charge in [-0.3, -0.25) is 0 Å². The molecule has 2 heteroatoms. The van der Waals surface area contributed by atoms with Crippen molar-refractivity contribution in [1.82, 2.24) is 5.32 Å². The van der Waals surface area contributed by atoms with Crippen LogP contribution in [0.15, 0.2) is 24.3 Å². The molecular formula is C19H30N2. The second kappa shape index (κ2) is 6.83. The number of hydrogen-bond donors (Lipinski definition) is 1. The van der Waals surface area contributed by atoms with E-state index in [1.807, 2.05) is 0 Å². The summed E-state index contributed by atoms with van der Waals surface area (Å²) in [4.78, 5) is 2.64. The number of hydrogen-bond acceptors (Lipinski definition) is 2. The first-order valence-electron chi connectivity index (χ1n) is 8.84. The first kappa shape index (κ1) is 14.9. The summed E-state index contributed by atoms with van der Waals surface area (Å²) in [6.07, 6.45) is 6.96. The Bertz CT molecular complexity index is 417. The van der Waals surface area contributed by atoms with Crippen LogP contribution in [-0.4, -0.2) is 19.6 Å². The van der Waals surface area contributed by atoms with Gasteiger partial charge < -0.3 is 10.2 Å². The Morgan fingerprint density at radius 2 is 1.62 bits per heavy atom. The van der Waals surface area contributed by atoms with Crippen molar-refractivity contribution in [2.75, 3.05) is 24.5 Å². The van der Waals surface area contributed by atoms with E-state index in [1.165, 1.54) is 56.4 Å².